The second kappa shape index (κ2) is 13.7. The summed E-state index contributed by atoms with van der Waals surface area (Å²) in [5.41, 5.74) is 1.85. The molecular formula is C22H32IN5O2. The Balaban J connectivity index is 0.00000450. The molecule has 0 saturated heterocycles. The molecule has 0 aliphatic heterocycles. The van der Waals surface area contributed by atoms with Gasteiger partial charge in [0.2, 0.25) is 0 Å². The van der Waals surface area contributed by atoms with Crippen LogP contribution in [0.5, 0.6) is 5.75 Å². The Morgan fingerprint density at radius 2 is 1.77 bits per heavy atom. The Hall–Kier alpha value is -2.49. The average Bonchev–Trinajstić information content (AvgIpc) is 2.70. The van der Waals surface area contributed by atoms with Gasteiger partial charge in [0.05, 0.1) is 6.54 Å². The molecule has 0 saturated carbocycles. The van der Waals surface area contributed by atoms with Gasteiger partial charge in [-0.2, -0.15) is 0 Å². The number of benzene rings is 2. The number of ether oxygens (including phenoxy) is 1. The van der Waals surface area contributed by atoms with E-state index in [9.17, 15) is 4.79 Å². The van der Waals surface area contributed by atoms with Crippen molar-refractivity contribution in [1.82, 2.24) is 15.5 Å². The van der Waals surface area contributed by atoms with Gasteiger partial charge in [0.25, 0.3) is 0 Å². The number of halogens is 1. The molecule has 2 aromatic carbocycles. The van der Waals surface area contributed by atoms with E-state index in [0.29, 0.717) is 19.7 Å². The summed E-state index contributed by atoms with van der Waals surface area (Å²) in [5.74, 6) is 1.65. The van der Waals surface area contributed by atoms with Crippen LogP contribution in [-0.2, 0) is 6.54 Å². The summed E-state index contributed by atoms with van der Waals surface area (Å²) in [7, 11) is 3.74. The number of likely N-dealkylation sites (N-methyl/N-ethyl adjacent to an activating group) is 1. The highest BCUT2D eigenvalue weighted by atomic mass is 127. The minimum absolute atomic E-state index is 0. The molecule has 3 N–H and O–H groups in total. The SMILES string of the molecule is CN=C(NCc1ccc(NC(=O)NC(C)C)cc1)N(C)CCOc1ccccc1.I. The fourth-order valence-corrected chi connectivity index (χ4v) is 2.62. The van der Waals surface area contributed by atoms with Crippen molar-refractivity contribution >= 4 is 41.7 Å². The lowest BCUT2D eigenvalue weighted by molar-refractivity contribution is 0.250. The molecule has 8 heteroatoms. The van der Waals surface area contributed by atoms with Crippen LogP contribution in [0.25, 0.3) is 0 Å². The van der Waals surface area contributed by atoms with Crippen LogP contribution in [0.2, 0.25) is 0 Å². The molecule has 7 nitrogen and oxygen atoms in total. The summed E-state index contributed by atoms with van der Waals surface area (Å²) in [4.78, 5) is 18.1. The van der Waals surface area contributed by atoms with Gasteiger partial charge < -0.3 is 25.6 Å². The topological polar surface area (TPSA) is 78.0 Å². The third-order valence-corrected chi connectivity index (χ3v) is 4.09. The first-order chi connectivity index (χ1) is 14.0. The number of urea groups is 1. The Morgan fingerprint density at radius 1 is 1.10 bits per heavy atom. The van der Waals surface area contributed by atoms with Gasteiger partial charge in [0, 0.05) is 32.4 Å². The van der Waals surface area contributed by atoms with E-state index in [2.05, 4.69) is 20.9 Å². The van der Waals surface area contributed by atoms with Crippen LogP contribution < -0.4 is 20.7 Å². The van der Waals surface area contributed by atoms with E-state index in [1.165, 1.54) is 0 Å². The van der Waals surface area contributed by atoms with E-state index >= 15 is 0 Å². The molecule has 0 aromatic heterocycles. The van der Waals surface area contributed by atoms with Crippen LogP contribution in [0.3, 0.4) is 0 Å². The molecule has 0 heterocycles. The van der Waals surface area contributed by atoms with Crippen LogP contribution in [0.4, 0.5) is 10.5 Å². The number of hydrogen-bond donors (Lipinski definition) is 3. The molecule has 0 atom stereocenters. The molecular weight excluding hydrogens is 493 g/mol. The van der Waals surface area contributed by atoms with Crippen LogP contribution in [0, 0.1) is 0 Å². The van der Waals surface area contributed by atoms with E-state index in [1.54, 1.807) is 7.05 Å². The number of nitrogens with zero attached hydrogens (tertiary/aromatic N) is 2. The molecule has 0 spiro atoms. The van der Waals surface area contributed by atoms with Crippen molar-refractivity contribution in [2.45, 2.75) is 26.4 Å². The van der Waals surface area contributed by atoms with Gasteiger partial charge in [-0.25, -0.2) is 4.79 Å². The molecule has 0 unspecified atom stereocenters. The van der Waals surface area contributed by atoms with E-state index in [1.807, 2.05) is 80.4 Å². The molecule has 0 bridgehead atoms. The molecule has 0 radical (unpaired) electrons. The Bertz CT molecular complexity index is 782. The van der Waals surface area contributed by atoms with Gasteiger partial charge in [-0.05, 0) is 43.7 Å². The zero-order valence-electron chi connectivity index (χ0n) is 18.0. The number of nitrogens with one attached hydrogen (secondary N) is 3. The smallest absolute Gasteiger partial charge is 0.319 e. The lowest BCUT2D eigenvalue weighted by Crippen LogP contribution is -2.40. The maximum Gasteiger partial charge on any atom is 0.319 e. The minimum atomic E-state index is -0.203. The maximum atomic E-state index is 11.7. The first kappa shape index (κ1) is 25.5. The van der Waals surface area contributed by atoms with Gasteiger partial charge in [0.15, 0.2) is 5.96 Å². The summed E-state index contributed by atoms with van der Waals surface area (Å²) in [6.45, 7) is 5.76. The lowest BCUT2D eigenvalue weighted by atomic mass is 10.2. The van der Waals surface area contributed by atoms with Crippen molar-refractivity contribution < 1.29 is 9.53 Å². The van der Waals surface area contributed by atoms with Crippen LogP contribution in [0.15, 0.2) is 59.6 Å². The summed E-state index contributed by atoms with van der Waals surface area (Å²) in [6.07, 6.45) is 0. The molecule has 2 rings (SSSR count). The minimum Gasteiger partial charge on any atom is -0.492 e. The molecule has 2 amide bonds. The second-order valence-electron chi connectivity index (χ2n) is 6.93. The number of carbonyl (C=O) groups is 1. The summed E-state index contributed by atoms with van der Waals surface area (Å²) in [6, 6.07) is 17.4. The van der Waals surface area contributed by atoms with Gasteiger partial charge in [-0.1, -0.05) is 30.3 Å². The highest BCUT2D eigenvalue weighted by Gasteiger charge is 2.07. The number of aliphatic imine (C=N–C) groups is 1. The number of carbonyl (C=O) groups excluding carboxylic acids is 1. The number of hydrogen-bond acceptors (Lipinski definition) is 3. The largest absolute Gasteiger partial charge is 0.492 e. The number of anilines is 1. The van der Waals surface area contributed by atoms with Gasteiger partial charge in [-0.15, -0.1) is 24.0 Å². The van der Waals surface area contributed by atoms with Crippen LogP contribution in [-0.4, -0.2) is 50.2 Å². The van der Waals surface area contributed by atoms with Crippen LogP contribution in [0.1, 0.15) is 19.4 Å². The molecule has 0 aliphatic carbocycles. The number of para-hydroxylation sites is 1. The Labute approximate surface area is 196 Å². The van der Waals surface area contributed by atoms with E-state index in [-0.39, 0.29) is 36.0 Å². The van der Waals surface area contributed by atoms with Gasteiger partial charge in [-0.3, -0.25) is 4.99 Å². The Morgan fingerprint density at radius 3 is 2.37 bits per heavy atom. The predicted molar refractivity (Wildman–Crippen MR) is 134 cm³/mol. The van der Waals surface area contributed by atoms with Crippen molar-refractivity contribution in [2.24, 2.45) is 4.99 Å². The quantitative estimate of drug-likeness (QED) is 0.278. The molecule has 0 fully saturated rings. The summed E-state index contributed by atoms with van der Waals surface area (Å²) in [5, 5.41) is 8.96. The summed E-state index contributed by atoms with van der Waals surface area (Å²) < 4.78 is 5.74. The number of guanidine groups is 1. The number of rotatable bonds is 8. The molecule has 2 aromatic rings. The fraction of sp³-hybridized carbons (Fsp3) is 0.364. The highest BCUT2D eigenvalue weighted by molar-refractivity contribution is 14.0. The zero-order chi connectivity index (χ0) is 21.1. The first-order valence-electron chi connectivity index (χ1n) is 9.74. The van der Waals surface area contributed by atoms with Crippen molar-refractivity contribution in [3.63, 3.8) is 0 Å². The summed E-state index contributed by atoms with van der Waals surface area (Å²) >= 11 is 0. The normalized spacial score (nSPS) is 10.8. The van der Waals surface area contributed by atoms with Crippen molar-refractivity contribution in [3.8, 4) is 5.75 Å². The van der Waals surface area contributed by atoms with Crippen molar-refractivity contribution in [2.75, 3.05) is 32.6 Å². The first-order valence-corrected chi connectivity index (χ1v) is 9.74. The standard InChI is InChI=1S/C22H31N5O2.HI/c1-17(2)25-22(28)26-19-12-10-18(11-13-19)16-24-21(23-3)27(4)14-15-29-20-8-6-5-7-9-20;/h5-13,17H,14-16H2,1-4H3,(H,23,24)(H2,25,26,28);1H. The molecule has 164 valence electrons. The van der Waals surface area contributed by atoms with E-state index in [4.69, 9.17) is 4.74 Å². The third-order valence-electron chi connectivity index (χ3n) is 4.09. The monoisotopic (exact) mass is 525 g/mol. The number of amides is 2. The third kappa shape index (κ3) is 9.34. The zero-order valence-corrected chi connectivity index (χ0v) is 20.3. The molecule has 0 aliphatic rings. The average molecular weight is 525 g/mol. The second-order valence-corrected chi connectivity index (χ2v) is 6.93. The van der Waals surface area contributed by atoms with E-state index < -0.39 is 0 Å². The fourth-order valence-electron chi connectivity index (χ4n) is 2.62. The predicted octanol–water partition coefficient (Wildman–Crippen LogP) is 3.92. The Kier molecular flexibility index (Phi) is 11.7. The lowest BCUT2D eigenvalue weighted by Gasteiger charge is -2.22. The van der Waals surface area contributed by atoms with Crippen LogP contribution >= 0.6 is 24.0 Å². The van der Waals surface area contributed by atoms with Gasteiger partial charge in [0.1, 0.15) is 12.4 Å². The van der Waals surface area contributed by atoms with Crippen molar-refractivity contribution in [1.29, 1.82) is 0 Å². The van der Waals surface area contributed by atoms with Gasteiger partial charge >= 0.3 is 6.03 Å². The highest BCUT2D eigenvalue weighted by Crippen LogP contribution is 2.10. The molecule has 30 heavy (non-hydrogen) atoms. The maximum absolute atomic E-state index is 11.7. The van der Waals surface area contributed by atoms with Crippen molar-refractivity contribution in [3.05, 3.63) is 60.2 Å². The van der Waals surface area contributed by atoms with E-state index in [0.717, 1.165) is 23.0 Å².